The second-order valence-electron chi connectivity index (χ2n) is 3.87. The summed E-state index contributed by atoms with van der Waals surface area (Å²) in [5.74, 6) is 0.651. The lowest BCUT2D eigenvalue weighted by Crippen LogP contribution is -1.87. The highest BCUT2D eigenvalue weighted by Crippen LogP contribution is 2.19. The number of hydrogen-bond donors (Lipinski definition) is 0. The Morgan fingerprint density at radius 3 is 2.61 bits per heavy atom. The fourth-order valence-electron chi connectivity index (χ4n) is 1.69. The van der Waals surface area contributed by atoms with Crippen molar-refractivity contribution in [2.75, 3.05) is 0 Å². The Hall–Kier alpha value is -1.39. The summed E-state index contributed by atoms with van der Waals surface area (Å²) in [6, 6.07) is 11.3. The number of nitrogens with zero attached hydrogens (tertiary/aromatic N) is 2. The van der Waals surface area contributed by atoms with Crippen molar-refractivity contribution in [3.05, 3.63) is 57.5 Å². The number of aromatic nitrogens is 2. The Bertz CT molecular complexity index is 694. The first-order valence-corrected chi connectivity index (χ1v) is 6.54. The van der Waals surface area contributed by atoms with E-state index in [1.165, 1.54) is 0 Å². The van der Waals surface area contributed by atoms with Gasteiger partial charge in [-0.15, -0.1) is 0 Å². The molecule has 0 saturated heterocycles. The van der Waals surface area contributed by atoms with Crippen molar-refractivity contribution in [1.82, 2.24) is 9.97 Å². The van der Waals surface area contributed by atoms with Crippen molar-refractivity contribution in [3.8, 4) is 0 Å². The monoisotopic (exact) mass is 322 g/mol. The van der Waals surface area contributed by atoms with Gasteiger partial charge in [-0.3, -0.25) is 0 Å². The molecule has 0 amide bonds. The molecule has 1 aromatic carbocycles. The second kappa shape index (κ2) is 4.71. The van der Waals surface area contributed by atoms with Gasteiger partial charge >= 0.3 is 0 Å². The molecule has 0 saturated carbocycles. The van der Waals surface area contributed by atoms with Crippen LogP contribution in [0.4, 0.5) is 0 Å². The second-order valence-corrected chi connectivity index (χ2v) is 5.12. The van der Waals surface area contributed by atoms with Crippen LogP contribution in [-0.2, 0) is 6.42 Å². The third-order valence-electron chi connectivity index (χ3n) is 2.53. The molecular weight excluding hydrogens is 316 g/mol. The lowest BCUT2D eigenvalue weighted by molar-refractivity contribution is 0.544. The van der Waals surface area contributed by atoms with E-state index in [0.29, 0.717) is 23.5 Å². The zero-order valence-corrected chi connectivity index (χ0v) is 11.6. The summed E-state index contributed by atoms with van der Waals surface area (Å²) in [4.78, 5) is 8.59. The standard InChI is InChI=1S/C13H8BrClN2O/c14-11-6-5-10-13(16-11)17-12(18-10)7-8-1-3-9(15)4-2-8/h1-6H,7H2. The Labute approximate surface area is 117 Å². The lowest BCUT2D eigenvalue weighted by Gasteiger charge is -1.96. The van der Waals surface area contributed by atoms with E-state index in [-0.39, 0.29) is 0 Å². The number of hydrogen-bond acceptors (Lipinski definition) is 3. The zero-order chi connectivity index (χ0) is 12.5. The van der Waals surface area contributed by atoms with Gasteiger partial charge in [-0.2, -0.15) is 4.98 Å². The molecule has 5 heteroatoms. The van der Waals surface area contributed by atoms with Crippen LogP contribution in [0.3, 0.4) is 0 Å². The van der Waals surface area contributed by atoms with Crippen LogP contribution in [0.15, 0.2) is 45.4 Å². The Kier molecular flexibility index (Phi) is 3.06. The zero-order valence-electron chi connectivity index (χ0n) is 9.23. The van der Waals surface area contributed by atoms with Gasteiger partial charge < -0.3 is 4.42 Å². The smallest absolute Gasteiger partial charge is 0.201 e. The Morgan fingerprint density at radius 2 is 1.83 bits per heavy atom. The predicted octanol–water partition coefficient (Wildman–Crippen LogP) is 4.23. The number of benzene rings is 1. The van der Waals surface area contributed by atoms with E-state index in [1.807, 2.05) is 36.4 Å². The summed E-state index contributed by atoms with van der Waals surface area (Å²) >= 11 is 9.15. The average Bonchev–Trinajstić information content (AvgIpc) is 2.73. The molecule has 90 valence electrons. The normalized spacial score (nSPS) is 11.0. The molecule has 0 aliphatic carbocycles. The van der Waals surface area contributed by atoms with Crippen LogP contribution in [0, 0.1) is 0 Å². The topological polar surface area (TPSA) is 38.9 Å². The minimum atomic E-state index is 0.619. The first-order chi connectivity index (χ1) is 8.70. The van der Waals surface area contributed by atoms with Gasteiger partial charge in [0.2, 0.25) is 5.89 Å². The van der Waals surface area contributed by atoms with E-state index >= 15 is 0 Å². The number of fused-ring (bicyclic) bond motifs is 1. The minimum absolute atomic E-state index is 0.619. The SMILES string of the molecule is Clc1ccc(Cc2nc3nc(Br)ccc3o2)cc1. The van der Waals surface area contributed by atoms with E-state index in [2.05, 4.69) is 25.9 Å². The predicted molar refractivity (Wildman–Crippen MR) is 73.8 cm³/mol. The quantitative estimate of drug-likeness (QED) is 0.662. The van der Waals surface area contributed by atoms with Gasteiger partial charge in [-0.05, 0) is 45.8 Å². The Morgan fingerprint density at radius 1 is 1.06 bits per heavy atom. The van der Waals surface area contributed by atoms with Crippen molar-refractivity contribution in [2.24, 2.45) is 0 Å². The van der Waals surface area contributed by atoms with Gasteiger partial charge in [0, 0.05) is 11.4 Å². The molecular formula is C13H8BrClN2O. The molecule has 0 aliphatic rings. The molecule has 0 spiro atoms. The van der Waals surface area contributed by atoms with Gasteiger partial charge in [-0.25, -0.2) is 4.98 Å². The number of pyridine rings is 1. The molecule has 0 bridgehead atoms. The van der Waals surface area contributed by atoms with Crippen molar-refractivity contribution < 1.29 is 4.42 Å². The van der Waals surface area contributed by atoms with Gasteiger partial charge in [0.1, 0.15) is 4.60 Å². The summed E-state index contributed by atoms with van der Waals surface area (Å²) in [5, 5.41) is 0.724. The molecule has 0 unspecified atom stereocenters. The molecule has 3 rings (SSSR count). The molecule has 0 radical (unpaired) electrons. The molecule has 3 aromatic rings. The van der Waals surface area contributed by atoms with E-state index in [1.54, 1.807) is 0 Å². The molecule has 0 aliphatic heterocycles. The first kappa shape index (κ1) is 11.7. The van der Waals surface area contributed by atoms with Crippen LogP contribution in [0.2, 0.25) is 5.02 Å². The molecule has 0 fully saturated rings. The van der Waals surface area contributed by atoms with E-state index in [0.717, 1.165) is 15.2 Å². The highest BCUT2D eigenvalue weighted by atomic mass is 79.9. The third kappa shape index (κ3) is 2.40. The van der Waals surface area contributed by atoms with Crippen LogP contribution in [0.1, 0.15) is 11.5 Å². The van der Waals surface area contributed by atoms with Crippen molar-refractivity contribution >= 4 is 38.8 Å². The highest BCUT2D eigenvalue weighted by Gasteiger charge is 2.08. The van der Waals surface area contributed by atoms with E-state index in [4.69, 9.17) is 16.0 Å². The molecule has 3 nitrogen and oxygen atoms in total. The summed E-state index contributed by atoms with van der Waals surface area (Å²) in [6.07, 6.45) is 0.630. The average molecular weight is 324 g/mol. The molecule has 18 heavy (non-hydrogen) atoms. The van der Waals surface area contributed by atoms with Crippen molar-refractivity contribution in [2.45, 2.75) is 6.42 Å². The fourth-order valence-corrected chi connectivity index (χ4v) is 2.12. The van der Waals surface area contributed by atoms with Gasteiger partial charge in [0.25, 0.3) is 0 Å². The molecule has 0 N–H and O–H groups in total. The molecule has 0 atom stereocenters. The third-order valence-corrected chi connectivity index (χ3v) is 3.23. The lowest BCUT2D eigenvalue weighted by atomic mass is 10.1. The number of rotatable bonds is 2. The van der Waals surface area contributed by atoms with Crippen molar-refractivity contribution in [1.29, 1.82) is 0 Å². The minimum Gasteiger partial charge on any atom is -0.439 e. The van der Waals surface area contributed by atoms with Crippen LogP contribution in [0.25, 0.3) is 11.2 Å². The van der Waals surface area contributed by atoms with Crippen LogP contribution >= 0.6 is 27.5 Å². The first-order valence-electron chi connectivity index (χ1n) is 5.37. The van der Waals surface area contributed by atoms with Gasteiger partial charge in [0.05, 0.1) is 0 Å². The van der Waals surface area contributed by atoms with Crippen molar-refractivity contribution in [3.63, 3.8) is 0 Å². The van der Waals surface area contributed by atoms with E-state index in [9.17, 15) is 0 Å². The van der Waals surface area contributed by atoms with Gasteiger partial charge in [0.15, 0.2) is 11.2 Å². The fraction of sp³-hybridized carbons (Fsp3) is 0.0769. The highest BCUT2D eigenvalue weighted by molar-refractivity contribution is 9.10. The summed E-state index contributed by atoms with van der Waals surface area (Å²) < 4.78 is 6.38. The molecule has 2 heterocycles. The number of halogens is 2. The largest absolute Gasteiger partial charge is 0.439 e. The molecule has 2 aromatic heterocycles. The summed E-state index contributed by atoms with van der Waals surface area (Å²) in [7, 11) is 0. The maximum atomic E-state index is 5.84. The van der Waals surface area contributed by atoms with E-state index < -0.39 is 0 Å². The Balaban J connectivity index is 1.92. The summed E-state index contributed by atoms with van der Waals surface area (Å²) in [6.45, 7) is 0. The maximum Gasteiger partial charge on any atom is 0.201 e. The van der Waals surface area contributed by atoms with Gasteiger partial charge in [-0.1, -0.05) is 23.7 Å². The maximum absolute atomic E-state index is 5.84. The van der Waals surface area contributed by atoms with Crippen LogP contribution < -0.4 is 0 Å². The van der Waals surface area contributed by atoms with Crippen LogP contribution in [0.5, 0.6) is 0 Å². The number of oxazole rings is 1. The van der Waals surface area contributed by atoms with Crippen LogP contribution in [-0.4, -0.2) is 9.97 Å². The summed E-state index contributed by atoms with van der Waals surface area (Å²) in [5.41, 5.74) is 2.42.